The number of piperidine rings is 1. The third kappa shape index (κ3) is 5.88. The maximum atomic E-state index is 10.7. The van der Waals surface area contributed by atoms with Gasteiger partial charge >= 0.3 is 5.97 Å². The minimum absolute atomic E-state index is 0.255. The zero-order chi connectivity index (χ0) is 23.2. The lowest BCUT2D eigenvalue weighted by Crippen LogP contribution is -2.46. The van der Waals surface area contributed by atoms with Crippen LogP contribution in [0.15, 0.2) is 40.0 Å². The van der Waals surface area contributed by atoms with Crippen LogP contribution in [0.5, 0.6) is 0 Å². The Hall–Kier alpha value is -2.55. The van der Waals surface area contributed by atoms with E-state index >= 15 is 0 Å². The molecule has 1 aliphatic heterocycles. The molecule has 1 aromatic heterocycles. The van der Waals surface area contributed by atoms with Crippen LogP contribution >= 0.6 is 0 Å². The average molecular weight is 456 g/mol. The number of carbonyl (C=O) groups is 1. The molecule has 33 heavy (non-hydrogen) atoms. The zero-order valence-electron chi connectivity index (χ0n) is 19.5. The standard InChI is InChI=1S/C25H33N3O5/c1-17-6-3-4-11-28(17)22-10-9-20(13-21(22)15-31-2)25-26-24(27-33-25)19-8-5-7-18(12-19)14-32-16-23(29)30/h7,9,12-13,17,22H,3-6,8,10-11,14-16H2,1-2H3,(H,29,30). The lowest BCUT2D eigenvalue weighted by Gasteiger charge is -2.41. The Bertz CT molecular complexity index is 974. The molecule has 0 amide bonds. The van der Waals surface area contributed by atoms with Crippen molar-refractivity contribution < 1.29 is 23.9 Å². The quantitative estimate of drug-likeness (QED) is 0.599. The minimum atomic E-state index is -0.975. The normalized spacial score (nSPS) is 24.1. The van der Waals surface area contributed by atoms with Crippen LogP contribution in [0, 0.1) is 0 Å². The first kappa shape index (κ1) is 23.6. The SMILES string of the molecule is COCC1=CC(c2nc(C3=CC(COCC(=O)O)=CCC3)no2)=CCC1N1CCCCC1C. The number of likely N-dealkylation sites (tertiary alicyclic amines) is 1. The fourth-order valence-corrected chi connectivity index (χ4v) is 4.90. The van der Waals surface area contributed by atoms with E-state index < -0.39 is 5.97 Å². The van der Waals surface area contributed by atoms with Gasteiger partial charge in [-0.15, -0.1) is 0 Å². The Labute approximate surface area is 194 Å². The van der Waals surface area contributed by atoms with E-state index in [1.165, 1.54) is 24.8 Å². The van der Waals surface area contributed by atoms with Gasteiger partial charge in [-0.1, -0.05) is 23.7 Å². The molecule has 1 N–H and O–H groups in total. The number of aliphatic carboxylic acids is 1. The number of methoxy groups -OCH3 is 1. The lowest BCUT2D eigenvalue weighted by atomic mass is 9.90. The molecule has 0 saturated carbocycles. The van der Waals surface area contributed by atoms with E-state index in [1.807, 2.05) is 6.08 Å². The van der Waals surface area contributed by atoms with Crippen molar-refractivity contribution in [2.24, 2.45) is 0 Å². The Morgan fingerprint density at radius 3 is 2.94 bits per heavy atom. The van der Waals surface area contributed by atoms with Crippen LogP contribution in [-0.4, -0.2) is 71.7 Å². The van der Waals surface area contributed by atoms with E-state index in [0.29, 0.717) is 30.4 Å². The highest BCUT2D eigenvalue weighted by Crippen LogP contribution is 2.32. The van der Waals surface area contributed by atoms with Gasteiger partial charge in [0.25, 0.3) is 5.89 Å². The van der Waals surface area contributed by atoms with Crippen molar-refractivity contribution >= 4 is 17.1 Å². The molecule has 2 atom stereocenters. The molecule has 3 aliphatic rings. The van der Waals surface area contributed by atoms with Gasteiger partial charge in [-0.2, -0.15) is 4.98 Å². The summed E-state index contributed by atoms with van der Waals surface area (Å²) in [4.78, 5) is 17.9. The predicted molar refractivity (Wildman–Crippen MR) is 124 cm³/mol. The number of ether oxygens (including phenoxy) is 2. The average Bonchev–Trinajstić information content (AvgIpc) is 3.30. The monoisotopic (exact) mass is 455 g/mol. The molecular weight excluding hydrogens is 422 g/mol. The summed E-state index contributed by atoms with van der Waals surface area (Å²) in [6.07, 6.45) is 14.7. The molecule has 1 aromatic rings. The van der Waals surface area contributed by atoms with Crippen LogP contribution in [0.3, 0.4) is 0 Å². The summed E-state index contributed by atoms with van der Waals surface area (Å²) in [5.74, 6) is 0.114. The summed E-state index contributed by atoms with van der Waals surface area (Å²) in [6, 6.07) is 0.930. The van der Waals surface area contributed by atoms with Gasteiger partial charge in [0.05, 0.1) is 13.2 Å². The van der Waals surface area contributed by atoms with Crippen molar-refractivity contribution in [3.05, 3.63) is 47.2 Å². The van der Waals surface area contributed by atoms with E-state index in [4.69, 9.17) is 19.1 Å². The van der Waals surface area contributed by atoms with Gasteiger partial charge < -0.3 is 19.1 Å². The van der Waals surface area contributed by atoms with Gasteiger partial charge in [-0.05, 0) is 68.9 Å². The second-order valence-electron chi connectivity index (χ2n) is 8.94. The molecule has 2 aliphatic carbocycles. The molecule has 178 valence electrons. The highest BCUT2D eigenvalue weighted by atomic mass is 16.5. The summed E-state index contributed by atoms with van der Waals surface area (Å²) in [6.45, 7) is 3.97. The third-order valence-electron chi connectivity index (χ3n) is 6.53. The number of aromatic nitrogens is 2. The molecule has 0 aromatic carbocycles. The van der Waals surface area contributed by atoms with E-state index in [9.17, 15) is 4.79 Å². The molecule has 2 unspecified atom stereocenters. The summed E-state index contributed by atoms with van der Waals surface area (Å²) in [5.41, 5.74) is 4.10. The fraction of sp³-hybridized carbons (Fsp3) is 0.560. The minimum Gasteiger partial charge on any atom is -0.480 e. The van der Waals surface area contributed by atoms with Gasteiger partial charge in [0.2, 0.25) is 0 Å². The molecule has 2 heterocycles. The van der Waals surface area contributed by atoms with Crippen molar-refractivity contribution in [3.8, 4) is 0 Å². The van der Waals surface area contributed by atoms with E-state index in [-0.39, 0.29) is 13.2 Å². The largest absolute Gasteiger partial charge is 0.480 e. The summed E-state index contributed by atoms with van der Waals surface area (Å²) < 4.78 is 16.4. The van der Waals surface area contributed by atoms with Crippen molar-refractivity contribution in [2.75, 3.05) is 33.5 Å². The fourth-order valence-electron chi connectivity index (χ4n) is 4.90. The summed E-state index contributed by atoms with van der Waals surface area (Å²) in [5, 5.41) is 13.0. The molecule has 1 saturated heterocycles. The van der Waals surface area contributed by atoms with Crippen LogP contribution in [0.25, 0.3) is 11.1 Å². The van der Waals surface area contributed by atoms with Crippen molar-refractivity contribution in [1.29, 1.82) is 0 Å². The Kier molecular flexibility index (Phi) is 7.90. The number of allylic oxidation sites excluding steroid dienone is 4. The number of hydrogen-bond donors (Lipinski definition) is 1. The highest BCUT2D eigenvalue weighted by Gasteiger charge is 2.30. The Morgan fingerprint density at radius 2 is 2.15 bits per heavy atom. The smallest absolute Gasteiger partial charge is 0.329 e. The molecule has 0 spiro atoms. The van der Waals surface area contributed by atoms with Crippen LogP contribution in [0.4, 0.5) is 0 Å². The number of carboxylic acid groups (broad SMARTS) is 1. The third-order valence-corrected chi connectivity index (χ3v) is 6.53. The molecule has 0 bridgehead atoms. The maximum absolute atomic E-state index is 10.7. The second-order valence-corrected chi connectivity index (χ2v) is 8.94. The van der Waals surface area contributed by atoms with Crippen LogP contribution in [-0.2, 0) is 14.3 Å². The van der Waals surface area contributed by atoms with Gasteiger partial charge in [0, 0.05) is 30.3 Å². The van der Waals surface area contributed by atoms with Crippen LogP contribution < -0.4 is 0 Å². The maximum Gasteiger partial charge on any atom is 0.329 e. The summed E-state index contributed by atoms with van der Waals surface area (Å²) in [7, 11) is 1.74. The van der Waals surface area contributed by atoms with Crippen molar-refractivity contribution in [1.82, 2.24) is 15.0 Å². The molecule has 8 heteroatoms. The molecule has 4 rings (SSSR count). The number of hydrogen-bond acceptors (Lipinski definition) is 7. The first-order valence-corrected chi connectivity index (χ1v) is 11.7. The number of carboxylic acids is 1. The molecule has 1 fully saturated rings. The molecule has 0 radical (unpaired) electrons. The lowest BCUT2D eigenvalue weighted by molar-refractivity contribution is -0.141. The van der Waals surface area contributed by atoms with Gasteiger partial charge in [0.1, 0.15) is 6.61 Å². The molecule has 8 nitrogen and oxygen atoms in total. The topological polar surface area (TPSA) is 97.9 Å². The number of rotatable bonds is 9. The van der Waals surface area contributed by atoms with Crippen molar-refractivity contribution in [3.63, 3.8) is 0 Å². The van der Waals surface area contributed by atoms with Crippen LogP contribution in [0.2, 0.25) is 0 Å². The number of nitrogens with zero attached hydrogens (tertiary/aromatic N) is 3. The van der Waals surface area contributed by atoms with Gasteiger partial charge in [0.15, 0.2) is 5.82 Å². The first-order valence-electron chi connectivity index (χ1n) is 11.7. The summed E-state index contributed by atoms with van der Waals surface area (Å²) >= 11 is 0. The van der Waals surface area contributed by atoms with E-state index in [1.54, 1.807) is 7.11 Å². The first-order chi connectivity index (χ1) is 16.0. The Morgan fingerprint density at radius 1 is 1.27 bits per heavy atom. The van der Waals surface area contributed by atoms with Crippen molar-refractivity contribution in [2.45, 2.75) is 57.5 Å². The van der Waals surface area contributed by atoms with Gasteiger partial charge in [-0.3, -0.25) is 4.90 Å². The Balaban J connectivity index is 1.47. The van der Waals surface area contributed by atoms with E-state index in [2.05, 4.69) is 40.2 Å². The second kappa shape index (κ2) is 11.0. The predicted octanol–water partition coefficient (Wildman–Crippen LogP) is 3.88. The van der Waals surface area contributed by atoms with Crippen LogP contribution in [0.1, 0.15) is 57.2 Å². The molecular formula is C25H33N3O5. The highest BCUT2D eigenvalue weighted by molar-refractivity contribution is 5.73. The zero-order valence-corrected chi connectivity index (χ0v) is 19.5. The van der Waals surface area contributed by atoms with Gasteiger partial charge in [-0.25, -0.2) is 4.79 Å². The van der Waals surface area contributed by atoms with E-state index in [0.717, 1.165) is 42.5 Å².